The van der Waals surface area contributed by atoms with E-state index in [0.717, 1.165) is 11.6 Å². The number of nitrogens with zero attached hydrogens (tertiary/aromatic N) is 4. The van der Waals surface area contributed by atoms with Crippen molar-refractivity contribution in [2.45, 2.75) is 32.0 Å². The summed E-state index contributed by atoms with van der Waals surface area (Å²) in [6.45, 7) is -1.94. The van der Waals surface area contributed by atoms with E-state index in [4.69, 9.17) is 21.7 Å². The summed E-state index contributed by atoms with van der Waals surface area (Å²) in [5, 5.41) is 9.39. The van der Waals surface area contributed by atoms with E-state index in [0.29, 0.717) is 49.0 Å². The molecule has 2 aromatic carbocycles. The van der Waals surface area contributed by atoms with E-state index < -0.39 is 47.4 Å². The van der Waals surface area contributed by atoms with Crippen molar-refractivity contribution in [1.82, 2.24) is 24.9 Å². The first-order chi connectivity index (χ1) is 24.1. The molecule has 248 valence electrons. The van der Waals surface area contributed by atoms with Crippen molar-refractivity contribution in [3.05, 3.63) is 101 Å². The van der Waals surface area contributed by atoms with Crippen LogP contribution in [-0.2, 0) is 27.4 Å². The van der Waals surface area contributed by atoms with Crippen molar-refractivity contribution in [2.24, 2.45) is 0 Å². The summed E-state index contributed by atoms with van der Waals surface area (Å²) in [5.74, 6) is -3.92. The van der Waals surface area contributed by atoms with Gasteiger partial charge in [0, 0.05) is 42.7 Å². The highest BCUT2D eigenvalue weighted by Gasteiger charge is 2.22. The number of anilines is 1. The Morgan fingerprint density at radius 1 is 1.10 bits per heavy atom. The summed E-state index contributed by atoms with van der Waals surface area (Å²) in [6, 6.07) is 15.5. The van der Waals surface area contributed by atoms with Gasteiger partial charge in [0.05, 0.1) is 41.6 Å². The maximum atomic E-state index is 15.0. The number of imidazole rings is 1. The summed E-state index contributed by atoms with van der Waals surface area (Å²) in [4.78, 5) is 34.5. The fraction of sp³-hybridized carbons (Fsp3) is 0.265. The average molecular weight is 661 g/mol. The van der Waals surface area contributed by atoms with Crippen LogP contribution >= 0.6 is 0 Å². The number of carbonyl (C=O) groups is 2. The van der Waals surface area contributed by atoms with Crippen LogP contribution < -0.4 is 20.1 Å². The van der Waals surface area contributed by atoms with Crippen LogP contribution in [0.5, 0.6) is 11.6 Å². The summed E-state index contributed by atoms with van der Waals surface area (Å²) in [5.41, 5.74) is 1.36. The van der Waals surface area contributed by atoms with Gasteiger partial charge in [0.2, 0.25) is 5.88 Å². The van der Waals surface area contributed by atoms with Crippen LogP contribution in [0, 0.1) is 11.6 Å². The molecule has 5 aromatic rings. The highest BCUT2D eigenvalue weighted by molar-refractivity contribution is 5.97. The first kappa shape index (κ1) is 29.9. The maximum absolute atomic E-state index is 15.0. The number of benzene rings is 2. The molecule has 6 rings (SSSR count). The minimum absolute atomic E-state index is 0.130. The lowest BCUT2D eigenvalue weighted by molar-refractivity contribution is -0.121. The topological polar surface area (TPSA) is 138 Å². The molecule has 0 aliphatic carbocycles. The zero-order valence-corrected chi connectivity index (χ0v) is 25.7. The van der Waals surface area contributed by atoms with Crippen LogP contribution in [-0.4, -0.2) is 64.4 Å². The van der Waals surface area contributed by atoms with Gasteiger partial charge in [0.25, 0.3) is 11.8 Å². The van der Waals surface area contributed by atoms with E-state index in [2.05, 4.69) is 25.7 Å². The van der Waals surface area contributed by atoms with Gasteiger partial charge in [-0.1, -0.05) is 30.3 Å². The van der Waals surface area contributed by atoms with E-state index in [1.807, 2.05) is 30.3 Å². The Balaban J connectivity index is 1.18. The molecule has 2 amide bonds. The smallest absolute Gasteiger partial charge is 0.257 e. The van der Waals surface area contributed by atoms with Gasteiger partial charge < -0.3 is 29.6 Å². The molecule has 14 heteroatoms. The number of methoxy groups -OCH3 is 1. The molecule has 1 aliphatic rings. The minimum atomic E-state index is -2.79. The summed E-state index contributed by atoms with van der Waals surface area (Å²) < 4.78 is 69.8. The first-order valence-electron chi connectivity index (χ1n) is 16.0. The van der Waals surface area contributed by atoms with E-state index in [-0.39, 0.29) is 30.5 Å². The lowest BCUT2D eigenvalue weighted by atomic mass is 10.1. The molecule has 0 saturated carbocycles. The minimum Gasteiger partial charge on any atom is -0.487 e. The largest absolute Gasteiger partial charge is 0.487 e. The Hall–Kier alpha value is -5.47. The van der Waals surface area contributed by atoms with E-state index in [9.17, 15) is 18.4 Å². The number of halogens is 2. The number of hydrogen-bond donors (Lipinski definition) is 2. The summed E-state index contributed by atoms with van der Waals surface area (Å²) in [6.07, 6.45) is 3.29. The SMILES string of the molecule is [2H]C([2H])(NC(=O)c1cc(-c2ccc3nc(NC(=O)COCc4ccccc4)cn3n2)cnc1OC)c1cc(F)cc(F)c1OC1CCOCC1. The second-order valence-corrected chi connectivity index (χ2v) is 10.7. The van der Waals surface area contributed by atoms with Gasteiger partial charge in [-0.2, -0.15) is 5.10 Å². The molecular formula is C34H32F2N6O6. The highest BCUT2D eigenvalue weighted by Crippen LogP contribution is 2.29. The van der Waals surface area contributed by atoms with Crippen LogP contribution in [0.3, 0.4) is 0 Å². The number of pyridine rings is 1. The molecule has 12 nitrogen and oxygen atoms in total. The molecule has 48 heavy (non-hydrogen) atoms. The maximum Gasteiger partial charge on any atom is 0.257 e. The molecule has 3 aromatic heterocycles. The number of hydrogen-bond acceptors (Lipinski definition) is 9. The first-order valence-corrected chi connectivity index (χ1v) is 15.0. The van der Waals surface area contributed by atoms with Crippen LogP contribution in [0.15, 0.2) is 73.1 Å². The summed E-state index contributed by atoms with van der Waals surface area (Å²) in [7, 11) is 1.29. The molecule has 0 unspecified atom stereocenters. The van der Waals surface area contributed by atoms with Crippen LogP contribution in [0.4, 0.5) is 14.6 Å². The number of nitrogens with one attached hydrogen (secondary N) is 2. The molecule has 0 atom stereocenters. The van der Waals surface area contributed by atoms with Crippen molar-refractivity contribution < 1.29 is 40.1 Å². The van der Waals surface area contributed by atoms with Crippen LogP contribution in [0.25, 0.3) is 16.9 Å². The lowest BCUT2D eigenvalue weighted by Gasteiger charge is -2.25. The molecule has 0 radical (unpaired) electrons. The Morgan fingerprint density at radius 3 is 2.71 bits per heavy atom. The Kier molecular flexibility index (Phi) is 9.32. The third-order valence-corrected chi connectivity index (χ3v) is 7.29. The second-order valence-electron chi connectivity index (χ2n) is 10.7. The molecule has 4 heterocycles. The number of ether oxygens (including phenoxy) is 4. The molecule has 1 saturated heterocycles. The summed E-state index contributed by atoms with van der Waals surface area (Å²) >= 11 is 0. The molecule has 0 bridgehead atoms. The fourth-order valence-corrected chi connectivity index (χ4v) is 4.95. The van der Waals surface area contributed by atoms with Crippen LogP contribution in [0.1, 0.15) is 37.1 Å². The molecule has 2 N–H and O–H groups in total. The van der Waals surface area contributed by atoms with E-state index >= 15 is 0 Å². The van der Waals surface area contributed by atoms with Crippen molar-refractivity contribution >= 4 is 23.3 Å². The second kappa shape index (κ2) is 15.0. The Morgan fingerprint density at radius 2 is 1.92 bits per heavy atom. The van der Waals surface area contributed by atoms with Crippen molar-refractivity contribution in [1.29, 1.82) is 0 Å². The van der Waals surface area contributed by atoms with Gasteiger partial charge in [-0.25, -0.2) is 23.3 Å². The number of rotatable bonds is 12. The molecule has 0 spiro atoms. The van der Waals surface area contributed by atoms with Gasteiger partial charge in [0.15, 0.2) is 23.0 Å². The standard InChI is InChI=1S/C34H32F2N6O6/c1-45-34-26(33(44)37-17-23-13-24(35)15-27(36)32(23)48-25-9-11-46-12-10-25)14-22(16-38-34)28-7-8-30-39-29(18-42(30)41-28)40-31(43)20-47-19-21-5-3-2-4-6-21/h2-8,13-16,18,25H,9-12,17,19-20H2,1H3,(H,37,44)(H,40,43)/i17D2. The predicted molar refractivity (Wildman–Crippen MR) is 169 cm³/mol. The van der Waals surface area contributed by atoms with Crippen molar-refractivity contribution in [3.8, 4) is 22.9 Å². The number of fused-ring (bicyclic) bond motifs is 1. The van der Waals surface area contributed by atoms with Gasteiger partial charge in [-0.15, -0.1) is 0 Å². The van der Waals surface area contributed by atoms with E-state index in [1.165, 1.54) is 30.1 Å². The molecule has 1 aliphatic heterocycles. The van der Waals surface area contributed by atoms with Gasteiger partial charge in [-0.05, 0) is 29.8 Å². The Labute approximate surface area is 276 Å². The van der Waals surface area contributed by atoms with Crippen LogP contribution in [0.2, 0.25) is 0 Å². The third kappa shape index (κ3) is 7.90. The van der Waals surface area contributed by atoms with E-state index in [1.54, 1.807) is 12.1 Å². The van der Waals surface area contributed by atoms with Gasteiger partial charge >= 0.3 is 0 Å². The van der Waals surface area contributed by atoms with Crippen molar-refractivity contribution in [3.63, 3.8) is 0 Å². The third-order valence-electron chi connectivity index (χ3n) is 7.29. The zero-order chi connectivity index (χ0) is 35.3. The lowest BCUT2D eigenvalue weighted by Crippen LogP contribution is -2.28. The van der Waals surface area contributed by atoms with Crippen molar-refractivity contribution in [2.75, 3.05) is 32.2 Å². The normalized spacial score (nSPS) is 14.2. The molecule has 1 fully saturated rings. The zero-order valence-electron chi connectivity index (χ0n) is 27.7. The predicted octanol–water partition coefficient (Wildman–Crippen LogP) is 4.72. The molecular weight excluding hydrogens is 626 g/mol. The van der Waals surface area contributed by atoms with Gasteiger partial charge in [0.1, 0.15) is 24.1 Å². The Bertz CT molecular complexity index is 2010. The number of aromatic nitrogens is 4. The van der Waals surface area contributed by atoms with Gasteiger partial charge in [-0.3, -0.25) is 9.59 Å². The number of amides is 2. The quantitative estimate of drug-likeness (QED) is 0.195. The average Bonchev–Trinajstić information content (AvgIpc) is 3.51. The number of carbonyl (C=O) groups excluding carboxylic acids is 2. The monoisotopic (exact) mass is 660 g/mol. The fourth-order valence-electron chi connectivity index (χ4n) is 4.95. The highest BCUT2D eigenvalue weighted by atomic mass is 19.1.